The van der Waals surface area contributed by atoms with Crippen LogP contribution in [0.15, 0.2) is 24.5 Å². The van der Waals surface area contributed by atoms with Crippen molar-refractivity contribution in [2.45, 2.75) is 0 Å². The molecule has 1 aromatic carbocycles. The van der Waals surface area contributed by atoms with Crippen molar-refractivity contribution in [1.29, 1.82) is 0 Å². The smallest absolute Gasteiger partial charge is 0.407 e. The molecular weight excluding hydrogens is 232 g/mol. The van der Waals surface area contributed by atoms with Crippen molar-refractivity contribution in [2.75, 3.05) is 31.1 Å². The molecule has 0 radical (unpaired) electrons. The fourth-order valence-corrected chi connectivity index (χ4v) is 2.34. The molecule has 1 aromatic heterocycles. The van der Waals surface area contributed by atoms with Gasteiger partial charge in [0.15, 0.2) is 0 Å². The number of piperazine rings is 1. The Morgan fingerprint density at radius 3 is 2.78 bits per heavy atom. The first-order chi connectivity index (χ1) is 8.75. The van der Waals surface area contributed by atoms with Crippen molar-refractivity contribution < 1.29 is 9.90 Å². The lowest BCUT2D eigenvalue weighted by molar-refractivity contribution is 0.142. The van der Waals surface area contributed by atoms with E-state index >= 15 is 0 Å². The Morgan fingerprint density at radius 2 is 2.06 bits per heavy atom. The van der Waals surface area contributed by atoms with E-state index in [-0.39, 0.29) is 0 Å². The average molecular weight is 246 g/mol. The van der Waals surface area contributed by atoms with Gasteiger partial charge >= 0.3 is 6.09 Å². The zero-order valence-electron chi connectivity index (χ0n) is 9.83. The van der Waals surface area contributed by atoms with E-state index in [1.54, 1.807) is 6.33 Å². The van der Waals surface area contributed by atoms with Crippen LogP contribution in [0.1, 0.15) is 0 Å². The summed E-state index contributed by atoms with van der Waals surface area (Å²) >= 11 is 0. The van der Waals surface area contributed by atoms with Gasteiger partial charge in [-0.2, -0.15) is 0 Å². The van der Waals surface area contributed by atoms with Crippen LogP contribution >= 0.6 is 0 Å². The Hall–Kier alpha value is -2.24. The van der Waals surface area contributed by atoms with Gasteiger partial charge in [0, 0.05) is 26.2 Å². The summed E-state index contributed by atoms with van der Waals surface area (Å²) in [6, 6.07) is 6.00. The Morgan fingerprint density at radius 1 is 1.28 bits per heavy atom. The summed E-state index contributed by atoms with van der Waals surface area (Å²) in [5.41, 5.74) is 3.02. The molecule has 0 bridgehead atoms. The predicted molar refractivity (Wildman–Crippen MR) is 67.9 cm³/mol. The summed E-state index contributed by atoms with van der Waals surface area (Å²) in [6.45, 7) is 2.49. The summed E-state index contributed by atoms with van der Waals surface area (Å²) in [5.74, 6) is 0. The standard InChI is InChI=1S/C12H14N4O2/c17-12(18)16-6-4-15(5-7-16)10-3-1-2-9-11(10)14-8-13-9/h1-3,8H,4-7H2,(H,13,14)(H,17,18). The molecule has 1 aliphatic heterocycles. The number of aromatic nitrogens is 2. The number of amides is 1. The van der Waals surface area contributed by atoms with Crippen LogP contribution in [-0.4, -0.2) is 52.2 Å². The quantitative estimate of drug-likeness (QED) is 0.797. The number of para-hydroxylation sites is 1. The minimum atomic E-state index is -0.840. The third-order valence-corrected chi connectivity index (χ3v) is 3.32. The van der Waals surface area contributed by atoms with E-state index in [9.17, 15) is 4.79 Å². The van der Waals surface area contributed by atoms with Crippen molar-refractivity contribution in [2.24, 2.45) is 0 Å². The van der Waals surface area contributed by atoms with Gasteiger partial charge in [0.25, 0.3) is 0 Å². The highest BCUT2D eigenvalue weighted by Gasteiger charge is 2.21. The van der Waals surface area contributed by atoms with E-state index < -0.39 is 6.09 Å². The second-order valence-corrected chi connectivity index (χ2v) is 4.33. The van der Waals surface area contributed by atoms with Gasteiger partial charge in [0.1, 0.15) is 5.52 Å². The normalized spacial score (nSPS) is 16.2. The van der Waals surface area contributed by atoms with E-state index in [0.29, 0.717) is 26.2 Å². The fraction of sp³-hybridized carbons (Fsp3) is 0.333. The highest BCUT2D eigenvalue weighted by atomic mass is 16.4. The molecule has 1 saturated heterocycles. The second-order valence-electron chi connectivity index (χ2n) is 4.33. The molecule has 3 rings (SSSR count). The molecule has 2 heterocycles. The summed E-state index contributed by atoms with van der Waals surface area (Å²) < 4.78 is 0. The number of imidazole rings is 1. The summed E-state index contributed by atoms with van der Waals surface area (Å²) in [6.07, 6.45) is 0.842. The topological polar surface area (TPSA) is 72.5 Å². The van der Waals surface area contributed by atoms with Crippen LogP contribution in [0, 0.1) is 0 Å². The molecule has 0 atom stereocenters. The molecule has 1 fully saturated rings. The molecule has 0 aliphatic carbocycles. The number of anilines is 1. The molecule has 6 nitrogen and oxygen atoms in total. The van der Waals surface area contributed by atoms with E-state index in [2.05, 4.69) is 14.9 Å². The number of nitrogens with zero attached hydrogens (tertiary/aromatic N) is 3. The van der Waals surface area contributed by atoms with Crippen LogP contribution in [0.4, 0.5) is 10.5 Å². The van der Waals surface area contributed by atoms with Gasteiger partial charge in [-0.15, -0.1) is 0 Å². The van der Waals surface area contributed by atoms with Gasteiger partial charge in [-0.25, -0.2) is 9.78 Å². The lowest BCUT2D eigenvalue weighted by Crippen LogP contribution is -2.48. The van der Waals surface area contributed by atoms with Gasteiger partial charge in [-0.05, 0) is 12.1 Å². The number of fused-ring (bicyclic) bond motifs is 1. The number of rotatable bonds is 1. The van der Waals surface area contributed by atoms with Crippen LogP contribution in [0.3, 0.4) is 0 Å². The Bertz CT molecular complexity index is 572. The maximum absolute atomic E-state index is 10.9. The van der Waals surface area contributed by atoms with Crippen molar-refractivity contribution in [1.82, 2.24) is 14.9 Å². The molecule has 6 heteroatoms. The zero-order chi connectivity index (χ0) is 12.5. The van der Waals surface area contributed by atoms with Crippen LogP contribution in [0.25, 0.3) is 11.0 Å². The number of hydrogen-bond donors (Lipinski definition) is 2. The third-order valence-electron chi connectivity index (χ3n) is 3.32. The van der Waals surface area contributed by atoms with E-state index in [4.69, 9.17) is 5.11 Å². The van der Waals surface area contributed by atoms with Crippen molar-refractivity contribution >= 4 is 22.8 Å². The zero-order valence-corrected chi connectivity index (χ0v) is 9.83. The largest absolute Gasteiger partial charge is 0.465 e. The fourth-order valence-electron chi connectivity index (χ4n) is 2.34. The van der Waals surface area contributed by atoms with Crippen LogP contribution in [0.2, 0.25) is 0 Å². The molecular formula is C12H14N4O2. The minimum Gasteiger partial charge on any atom is -0.465 e. The summed E-state index contributed by atoms with van der Waals surface area (Å²) in [7, 11) is 0. The van der Waals surface area contributed by atoms with Gasteiger partial charge in [0.2, 0.25) is 0 Å². The third kappa shape index (κ3) is 1.75. The van der Waals surface area contributed by atoms with Crippen LogP contribution in [0.5, 0.6) is 0 Å². The Balaban J connectivity index is 1.84. The average Bonchev–Trinajstić information content (AvgIpc) is 2.87. The first-order valence-electron chi connectivity index (χ1n) is 5.90. The highest BCUT2D eigenvalue weighted by molar-refractivity contribution is 5.88. The molecule has 0 spiro atoms. The number of carbonyl (C=O) groups is 1. The Kier molecular flexibility index (Phi) is 2.55. The molecule has 1 aliphatic rings. The van der Waals surface area contributed by atoms with E-state index in [1.807, 2.05) is 18.2 Å². The van der Waals surface area contributed by atoms with E-state index in [0.717, 1.165) is 16.7 Å². The molecule has 0 saturated carbocycles. The van der Waals surface area contributed by atoms with Gasteiger partial charge in [-0.3, -0.25) is 0 Å². The summed E-state index contributed by atoms with van der Waals surface area (Å²) in [5, 5.41) is 8.92. The number of carboxylic acid groups (broad SMARTS) is 1. The number of nitrogens with one attached hydrogen (secondary N) is 1. The van der Waals surface area contributed by atoms with Gasteiger partial charge < -0.3 is 19.9 Å². The number of benzene rings is 1. The SMILES string of the molecule is O=C(O)N1CCN(c2cccc3[nH]cnc23)CC1. The predicted octanol–water partition coefficient (Wildman–Crippen LogP) is 1.36. The maximum Gasteiger partial charge on any atom is 0.407 e. The number of hydrogen-bond acceptors (Lipinski definition) is 3. The number of H-pyrrole nitrogens is 1. The lowest BCUT2D eigenvalue weighted by Gasteiger charge is -2.34. The molecule has 2 N–H and O–H groups in total. The first-order valence-corrected chi connectivity index (χ1v) is 5.90. The number of aromatic amines is 1. The van der Waals surface area contributed by atoms with Crippen molar-refractivity contribution in [3.8, 4) is 0 Å². The molecule has 94 valence electrons. The second kappa shape index (κ2) is 4.21. The highest BCUT2D eigenvalue weighted by Crippen LogP contribution is 2.24. The maximum atomic E-state index is 10.9. The summed E-state index contributed by atoms with van der Waals surface area (Å²) in [4.78, 5) is 21.9. The Labute approximate surface area is 104 Å². The molecule has 18 heavy (non-hydrogen) atoms. The monoisotopic (exact) mass is 246 g/mol. The minimum absolute atomic E-state index is 0.538. The molecule has 1 amide bonds. The van der Waals surface area contributed by atoms with Crippen molar-refractivity contribution in [3.05, 3.63) is 24.5 Å². The van der Waals surface area contributed by atoms with Gasteiger partial charge in [-0.1, -0.05) is 6.07 Å². The van der Waals surface area contributed by atoms with Crippen molar-refractivity contribution in [3.63, 3.8) is 0 Å². The molecule has 2 aromatic rings. The first kappa shape index (κ1) is 10.9. The molecule has 0 unspecified atom stereocenters. The van der Waals surface area contributed by atoms with Gasteiger partial charge in [0.05, 0.1) is 17.5 Å². The van der Waals surface area contributed by atoms with E-state index in [1.165, 1.54) is 4.90 Å². The lowest BCUT2D eigenvalue weighted by atomic mass is 10.2. The van der Waals surface area contributed by atoms with Crippen LogP contribution < -0.4 is 4.90 Å². The van der Waals surface area contributed by atoms with Crippen LogP contribution in [-0.2, 0) is 0 Å².